The Bertz CT molecular complexity index is 434. The molecule has 15 heavy (non-hydrogen) atoms. The van der Waals surface area contributed by atoms with Gasteiger partial charge < -0.3 is 0 Å². The molecule has 1 heterocycles. The molecular weight excluding hydrogens is 209 g/mol. The van der Waals surface area contributed by atoms with Crippen LogP contribution in [-0.4, -0.2) is 9.55 Å². The predicted octanol–water partition coefficient (Wildman–Crippen LogP) is 1.76. The van der Waals surface area contributed by atoms with Crippen LogP contribution in [0.5, 0.6) is 0 Å². The smallest absolute Gasteiger partial charge is 0.293 e. The fourth-order valence-corrected chi connectivity index (χ4v) is 1.12. The molecule has 0 aliphatic rings. The van der Waals surface area contributed by atoms with Gasteiger partial charge in [0.1, 0.15) is 0 Å². The summed E-state index contributed by atoms with van der Waals surface area (Å²) in [5.41, 5.74) is -1.87. The summed E-state index contributed by atoms with van der Waals surface area (Å²) >= 11 is 0. The largest absolute Gasteiger partial charge is 0.433 e. The van der Waals surface area contributed by atoms with Gasteiger partial charge in [-0.15, -0.1) is 6.58 Å². The number of aromatic nitrogens is 2. The van der Waals surface area contributed by atoms with Gasteiger partial charge in [0.2, 0.25) is 0 Å². The third-order valence-corrected chi connectivity index (χ3v) is 1.82. The first-order valence-corrected chi connectivity index (χ1v) is 4.13. The molecule has 1 rings (SSSR count). The van der Waals surface area contributed by atoms with Gasteiger partial charge in [0, 0.05) is 12.2 Å². The van der Waals surface area contributed by atoms with Gasteiger partial charge in [0.25, 0.3) is 0 Å². The van der Waals surface area contributed by atoms with Gasteiger partial charge >= 0.3 is 11.9 Å². The van der Waals surface area contributed by atoms with E-state index in [-0.39, 0.29) is 12.2 Å². The lowest BCUT2D eigenvalue weighted by Gasteiger charge is -2.10. The lowest BCUT2D eigenvalue weighted by Crippen LogP contribution is -2.28. The van der Waals surface area contributed by atoms with Gasteiger partial charge in [-0.2, -0.15) is 18.2 Å². The maximum absolute atomic E-state index is 12.2. The molecule has 0 saturated carbocycles. The molecule has 6 heteroatoms. The first-order chi connectivity index (χ1) is 6.86. The standard InChI is InChI=1S/C9H9F3N2O/c1-3-4-14-6(2)5-7(9(10,11)12)13-8(14)15/h3,5H,1,4H2,2H3. The SMILES string of the molecule is C=CCn1c(C)cc(C(F)(F)F)nc1=O. The summed E-state index contributed by atoms with van der Waals surface area (Å²) in [7, 11) is 0. The minimum Gasteiger partial charge on any atom is -0.293 e. The second-order valence-electron chi connectivity index (χ2n) is 2.96. The molecule has 0 atom stereocenters. The predicted molar refractivity (Wildman–Crippen MR) is 48.4 cm³/mol. The van der Waals surface area contributed by atoms with Crippen LogP contribution < -0.4 is 5.69 Å². The Labute approximate surface area is 83.9 Å². The molecule has 0 aliphatic carbocycles. The fraction of sp³-hybridized carbons (Fsp3) is 0.333. The molecule has 0 N–H and O–H groups in total. The van der Waals surface area contributed by atoms with Gasteiger partial charge in [-0.25, -0.2) is 4.79 Å². The zero-order valence-corrected chi connectivity index (χ0v) is 8.01. The highest BCUT2D eigenvalue weighted by molar-refractivity contribution is 5.11. The molecule has 0 saturated heterocycles. The Morgan fingerprint density at radius 1 is 1.60 bits per heavy atom. The summed E-state index contributed by atoms with van der Waals surface area (Å²) in [5.74, 6) is 0. The Morgan fingerprint density at radius 2 is 2.20 bits per heavy atom. The Balaban J connectivity index is 3.32. The Morgan fingerprint density at radius 3 is 2.60 bits per heavy atom. The van der Waals surface area contributed by atoms with E-state index in [0.717, 1.165) is 10.6 Å². The van der Waals surface area contributed by atoms with E-state index < -0.39 is 17.6 Å². The highest BCUT2D eigenvalue weighted by Crippen LogP contribution is 2.26. The van der Waals surface area contributed by atoms with Gasteiger partial charge in [-0.05, 0) is 13.0 Å². The topological polar surface area (TPSA) is 34.9 Å². The highest BCUT2D eigenvalue weighted by atomic mass is 19.4. The van der Waals surface area contributed by atoms with E-state index in [9.17, 15) is 18.0 Å². The molecule has 3 nitrogen and oxygen atoms in total. The van der Waals surface area contributed by atoms with E-state index in [4.69, 9.17) is 0 Å². The summed E-state index contributed by atoms with van der Waals surface area (Å²) in [6.07, 6.45) is -3.17. The van der Waals surface area contributed by atoms with Crippen molar-refractivity contribution in [3.8, 4) is 0 Å². The zero-order chi connectivity index (χ0) is 11.6. The van der Waals surface area contributed by atoms with Crippen LogP contribution in [0.25, 0.3) is 0 Å². The maximum atomic E-state index is 12.2. The van der Waals surface area contributed by atoms with E-state index >= 15 is 0 Å². The van der Waals surface area contributed by atoms with Gasteiger partial charge in [0.15, 0.2) is 5.69 Å². The van der Waals surface area contributed by atoms with Crippen LogP contribution in [0, 0.1) is 6.92 Å². The number of hydrogen-bond acceptors (Lipinski definition) is 2. The minimum atomic E-state index is -4.59. The molecule has 0 spiro atoms. The quantitative estimate of drug-likeness (QED) is 0.709. The second-order valence-corrected chi connectivity index (χ2v) is 2.96. The first kappa shape index (κ1) is 11.5. The Kier molecular flexibility index (Phi) is 2.97. The summed E-state index contributed by atoms with van der Waals surface area (Å²) in [6, 6.07) is 0.838. The second kappa shape index (κ2) is 3.88. The summed E-state index contributed by atoms with van der Waals surface area (Å²) in [6.45, 7) is 4.97. The normalized spacial score (nSPS) is 11.5. The lowest BCUT2D eigenvalue weighted by molar-refractivity contribution is -0.141. The summed E-state index contributed by atoms with van der Waals surface area (Å²) in [5, 5.41) is 0. The number of hydrogen-bond donors (Lipinski definition) is 0. The summed E-state index contributed by atoms with van der Waals surface area (Å²) < 4.78 is 37.8. The number of rotatable bonds is 2. The molecule has 1 aromatic heterocycles. The molecule has 0 aliphatic heterocycles. The first-order valence-electron chi connectivity index (χ1n) is 4.13. The van der Waals surface area contributed by atoms with Crippen LogP contribution in [0.3, 0.4) is 0 Å². The lowest BCUT2D eigenvalue weighted by atomic mass is 10.3. The van der Waals surface area contributed by atoms with Gasteiger partial charge in [0.05, 0.1) is 0 Å². The third-order valence-electron chi connectivity index (χ3n) is 1.82. The van der Waals surface area contributed by atoms with E-state index in [1.807, 2.05) is 0 Å². The summed E-state index contributed by atoms with van der Waals surface area (Å²) in [4.78, 5) is 14.2. The molecule has 0 amide bonds. The van der Waals surface area contributed by atoms with Crippen LogP contribution in [0.2, 0.25) is 0 Å². The van der Waals surface area contributed by atoms with Crippen LogP contribution in [0.4, 0.5) is 13.2 Å². The molecule has 0 aromatic carbocycles. The van der Waals surface area contributed by atoms with Crippen molar-refractivity contribution < 1.29 is 13.2 Å². The Hall–Kier alpha value is -1.59. The number of alkyl halides is 3. The molecular formula is C9H9F3N2O. The van der Waals surface area contributed by atoms with Crippen LogP contribution in [-0.2, 0) is 12.7 Å². The van der Waals surface area contributed by atoms with E-state index in [1.165, 1.54) is 13.0 Å². The molecule has 0 bridgehead atoms. The van der Waals surface area contributed by atoms with Crippen molar-refractivity contribution in [1.29, 1.82) is 0 Å². The molecule has 82 valence electrons. The van der Waals surface area contributed by atoms with Crippen molar-refractivity contribution in [2.24, 2.45) is 0 Å². The molecule has 0 fully saturated rings. The number of halogens is 3. The average Bonchev–Trinajstić information content (AvgIpc) is 2.09. The van der Waals surface area contributed by atoms with Crippen LogP contribution >= 0.6 is 0 Å². The zero-order valence-electron chi connectivity index (χ0n) is 8.01. The van der Waals surface area contributed by atoms with Crippen LogP contribution in [0.1, 0.15) is 11.4 Å². The molecule has 0 unspecified atom stereocenters. The van der Waals surface area contributed by atoms with Crippen molar-refractivity contribution in [2.75, 3.05) is 0 Å². The molecule has 1 aromatic rings. The van der Waals surface area contributed by atoms with Crippen molar-refractivity contribution >= 4 is 0 Å². The van der Waals surface area contributed by atoms with Crippen molar-refractivity contribution in [3.63, 3.8) is 0 Å². The monoisotopic (exact) mass is 218 g/mol. The third kappa shape index (κ3) is 2.45. The van der Waals surface area contributed by atoms with E-state index in [0.29, 0.717) is 0 Å². The van der Waals surface area contributed by atoms with E-state index in [2.05, 4.69) is 11.6 Å². The van der Waals surface area contributed by atoms with Crippen molar-refractivity contribution in [2.45, 2.75) is 19.6 Å². The van der Waals surface area contributed by atoms with Gasteiger partial charge in [-0.1, -0.05) is 6.08 Å². The minimum absolute atomic E-state index is 0.149. The highest BCUT2D eigenvalue weighted by Gasteiger charge is 2.33. The number of allylic oxidation sites excluding steroid dienone is 1. The number of aryl methyl sites for hydroxylation is 1. The fourth-order valence-electron chi connectivity index (χ4n) is 1.12. The van der Waals surface area contributed by atoms with Gasteiger partial charge in [-0.3, -0.25) is 4.57 Å². The average molecular weight is 218 g/mol. The van der Waals surface area contributed by atoms with E-state index in [1.54, 1.807) is 0 Å². The van der Waals surface area contributed by atoms with Crippen molar-refractivity contribution in [1.82, 2.24) is 9.55 Å². The van der Waals surface area contributed by atoms with Crippen molar-refractivity contribution in [3.05, 3.63) is 40.6 Å². The molecule has 0 radical (unpaired) electrons. The maximum Gasteiger partial charge on any atom is 0.433 e. The number of nitrogens with zero attached hydrogens (tertiary/aromatic N) is 2. The van der Waals surface area contributed by atoms with Crippen LogP contribution in [0.15, 0.2) is 23.5 Å².